The van der Waals surface area contributed by atoms with Gasteiger partial charge in [-0.25, -0.2) is 0 Å². The first-order valence-electron chi connectivity index (χ1n) is 8.20. The Kier molecular flexibility index (Phi) is 4.16. The Balaban J connectivity index is 1.66. The van der Waals surface area contributed by atoms with Crippen molar-refractivity contribution in [2.45, 2.75) is 32.7 Å². The second-order valence-electron chi connectivity index (χ2n) is 6.60. The molecule has 122 valence electrons. The first kappa shape index (κ1) is 15.7. The Labute approximate surface area is 138 Å². The van der Waals surface area contributed by atoms with Gasteiger partial charge in [-0.2, -0.15) is 0 Å². The highest BCUT2D eigenvalue weighted by atomic mass is 16.1. The SMILES string of the molecule is Cc1cc(C(=O)CNc2ccc(N(C)C)cc2)c(C)n1C1CC1. The minimum Gasteiger partial charge on any atom is -0.378 e. The highest BCUT2D eigenvalue weighted by molar-refractivity contribution is 6.00. The summed E-state index contributed by atoms with van der Waals surface area (Å²) in [6.45, 7) is 4.48. The van der Waals surface area contributed by atoms with E-state index in [0.29, 0.717) is 12.6 Å². The number of aryl methyl sites for hydroxylation is 1. The number of aromatic nitrogens is 1. The first-order valence-corrected chi connectivity index (χ1v) is 8.20. The van der Waals surface area contributed by atoms with Gasteiger partial charge in [0.25, 0.3) is 0 Å². The van der Waals surface area contributed by atoms with Crippen LogP contribution < -0.4 is 10.2 Å². The molecule has 0 bridgehead atoms. The summed E-state index contributed by atoms with van der Waals surface area (Å²) in [5, 5.41) is 3.23. The minimum absolute atomic E-state index is 0.154. The van der Waals surface area contributed by atoms with Crippen molar-refractivity contribution in [3.63, 3.8) is 0 Å². The molecule has 1 heterocycles. The molecular weight excluding hydrogens is 286 g/mol. The summed E-state index contributed by atoms with van der Waals surface area (Å²) in [6.07, 6.45) is 2.47. The van der Waals surface area contributed by atoms with E-state index in [-0.39, 0.29) is 5.78 Å². The van der Waals surface area contributed by atoms with Gasteiger partial charge in [-0.1, -0.05) is 0 Å². The molecule has 1 aliphatic carbocycles. The van der Waals surface area contributed by atoms with Crippen LogP contribution in [0.15, 0.2) is 30.3 Å². The van der Waals surface area contributed by atoms with Gasteiger partial charge in [-0.05, 0) is 57.0 Å². The molecule has 4 nitrogen and oxygen atoms in total. The standard InChI is InChI=1S/C19H25N3O/c1-13-11-18(14(2)22(13)17-9-10-17)19(23)12-20-15-5-7-16(8-6-15)21(3)4/h5-8,11,17,20H,9-10,12H2,1-4H3. The molecule has 0 radical (unpaired) electrons. The Hall–Kier alpha value is -2.23. The lowest BCUT2D eigenvalue weighted by Crippen LogP contribution is -2.15. The van der Waals surface area contributed by atoms with Gasteiger partial charge in [0.05, 0.1) is 6.54 Å². The Morgan fingerprint density at radius 2 is 1.87 bits per heavy atom. The quantitative estimate of drug-likeness (QED) is 0.825. The Bertz CT molecular complexity index is 709. The van der Waals surface area contributed by atoms with E-state index in [1.54, 1.807) is 0 Å². The summed E-state index contributed by atoms with van der Waals surface area (Å²) in [4.78, 5) is 14.6. The fourth-order valence-corrected chi connectivity index (χ4v) is 3.11. The fraction of sp³-hybridized carbons (Fsp3) is 0.421. The van der Waals surface area contributed by atoms with Crippen LogP contribution in [0.25, 0.3) is 0 Å². The van der Waals surface area contributed by atoms with E-state index in [1.807, 2.05) is 44.4 Å². The van der Waals surface area contributed by atoms with E-state index in [4.69, 9.17) is 0 Å². The largest absolute Gasteiger partial charge is 0.378 e. The molecule has 1 aliphatic rings. The maximum absolute atomic E-state index is 12.5. The molecule has 2 aromatic rings. The summed E-state index contributed by atoms with van der Waals surface area (Å²) in [5.74, 6) is 0.154. The van der Waals surface area contributed by atoms with Crippen LogP contribution in [0.2, 0.25) is 0 Å². The Morgan fingerprint density at radius 3 is 2.43 bits per heavy atom. The smallest absolute Gasteiger partial charge is 0.183 e. The lowest BCUT2D eigenvalue weighted by Gasteiger charge is -2.13. The third kappa shape index (κ3) is 3.26. The van der Waals surface area contributed by atoms with Gasteiger partial charge in [-0.15, -0.1) is 0 Å². The average Bonchev–Trinajstić information content (AvgIpc) is 3.31. The monoisotopic (exact) mass is 311 g/mol. The van der Waals surface area contributed by atoms with Crippen molar-refractivity contribution >= 4 is 17.2 Å². The van der Waals surface area contributed by atoms with Crippen LogP contribution in [0.3, 0.4) is 0 Å². The number of carbonyl (C=O) groups excluding carboxylic acids is 1. The van der Waals surface area contributed by atoms with Crippen molar-refractivity contribution in [3.8, 4) is 0 Å². The summed E-state index contributed by atoms with van der Waals surface area (Å²) in [6, 6.07) is 10.8. The van der Waals surface area contributed by atoms with Crippen LogP contribution in [0.4, 0.5) is 11.4 Å². The molecule has 1 aromatic heterocycles. The normalized spacial score (nSPS) is 13.9. The second-order valence-corrected chi connectivity index (χ2v) is 6.60. The molecule has 0 spiro atoms. The van der Waals surface area contributed by atoms with Gasteiger partial charge in [-0.3, -0.25) is 4.79 Å². The van der Waals surface area contributed by atoms with Crippen molar-refractivity contribution < 1.29 is 4.79 Å². The van der Waals surface area contributed by atoms with Crippen LogP contribution >= 0.6 is 0 Å². The number of benzene rings is 1. The molecule has 0 amide bonds. The van der Waals surface area contributed by atoms with E-state index in [1.165, 1.54) is 18.5 Å². The molecule has 1 aromatic carbocycles. The summed E-state index contributed by atoms with van der Waals surface area (Å²) in [7, 11) is 4.03. The zero-order chi connectivity index (χ0) is 16.6. The highest BCUT2D eigenvalue weighted by Gasteiger charge is 2.28. The minimum atomic E-state index is 0.154. The number of ketones is 1. The van der Waals surface area contributed by atoms with Crippen molar-refractivity contribution in [2.24, 2.45) is 0 Å². The number of hydrogen-bond acceptors (Lipinski definition) is 3. The molecule has 1 fully saturated rings. The fourth-order valence-electron chi connectivity index (χ4n) is 3.11. The number of hydrogen-bond donors (Lipinski definition) is 1. The molecule has 0 unspecified atom stereocenters. The van der Waals surface area contributed by atoms with Gasteiger partial charge in [0.2, 0.25) is 0 Å². The molecule has 23 heavy (non-hydrogen) atoms. The number of carbonyl (C=O) groups is 1. The topological polar surface area (TPSA) is 37.3 Å². The first-order chi connectivity index (χ1) is 11.0. The highest BCUT2D eigenvalue weighted by Crippen LogP contribution is 2.38. The molecule has 1 N–H and O–H groups in total. The summed E-state index contributed by atoms with van der Waals surface area (Å²) >= 11 is 0. The average molecular weight is 311 g/mol. The van der Waals surface area contributed by atoms with Crippen molar-refractivity contribution in [1.82, 2.24) is 4.57 Å². The zero-order valence-corrected chi connectivity index (χ0v) is 14.4. The van der Waals surface area contributed by atoms with E-state index in [0.717, 1.165) is 22.6 Å². The van der Waals surface area contributed by atoms with Gasteiger partial charge < -0.3 is 14.8 Å². The molecule has 0 saturated heterocycles. The van der Waals surface area contributed by atoms with Crippen LogP contribution in [-0.4, -0.2) is 31.0 Å². The van der Waals surface area contributed by atoms with E-state index in [2.05, 4.69) is 28.6 Å². The third-order valence-corrected chi connectivity index (χ3v) is 4.53. The number of nitrogens with zero attached hydrogens (tertiary/aromatic N) is 2. The molecule has 3 rings (SSSR count). The van der Waals surface area contributed by atoms with Crippen molar-refractivity contribution in [3.05, 3.63) is 47.3 Å². The van der Waals surface area contributed by atoms with Crippen LogP contribution in [0.1, 0.15) is 40.6 Å². The maximum Gasteiger partial charge on any atom is 0.183 e. The van der Waals surface area contributed by atoms with Gasteiger partial charge in [0.15, 0.2) is 5.78 Å². The number of Topliss-reactive ketones (excluding diaryl/α,β-unsaturated/α-hetero) is 1. The zero-order valence-electron chi connectivity index (χ0n) is 14.4. The predicted octanol–water partition coefficient (Wildman–Crippen LogP) is 3.80. The summed E-state index contributed by atoms with van der Waals surface area (Å²) < 4.78 is 2.32. The molecule has 0 aliphatic heterocycles. The van der Waals surface area contributed by atoms with Crippen molar-refractivity contribution in [2.75, 3.05) is 30.9 Å². The van der Waals surface area contributed by atoms with Crippen molar-refractivity contribution in [1.29, 1.82) is 0 Å². The van der Waals surface area contributed by atoms with Crippen LogP contribution in [0, 0.1) is 13.8 Å². The lowest BCUT2D eigenvalue weighted by atomic mass is 10.1. The van der Waals surface area contributed by atoms with E-state index < -0.39 is 0 Å². The van der Waals surface area contributed by atoms with Gasteiger partial charge in [0, 0.05) is 48.5 Å². The third-order valence-electron chi connectivity index (χ3n) is 4.53. The van der Waals surface area contributed by atoms with E-state index >= 15 is 0 Å². The number of rotatable bonds is 6. The molecule has 1 saturated carbocycles. The predicted molar refractivity (Wildman–Crippen MR) is 95.8 cm³/mol. The number of anilines is 2. The Morgan fingerprint density at radius 1 is 1.22 bits per heavy atom. The van der Waals surface area contributed by atoms with Crippen LogP contribution in [0.5, 0.6) is 0 Å². The summed E-state index contributed by atoms with van der Waals surface area (Å²) in [5.41, 5.74) is 5.28. The molecular formula is C19H25N3O. The molecule has 4 heteroatoms. The van der Waals surface area contributed by atoms with Gasteiger partial charge in [0.1, 0.15) is 0 Å². The lowest BCUT2D eigenvalue weighted by molar-refractivity contribution is 0.101. The second kappa shape index (κ2) is 6.11. The van der Waals surface area contributed by atoms with E-state index in [9.17, 15) is 4.79 Å². The van der Waals surface area contributed by atoms with Gasteiger partial charge >= 0.3 is 0 Å². The van der Waals surface area contributed by atoms with Crippen LogP contribution in [-0.2, 0) is 0 Å². The molecule has 0 atom stereocenters. The maximum atomic E-state index is 12.5. The number of nitrogens with one attached hydrogen (secondary N) is 1.